The number of nitrogens with zero attached hydrogens (tertiary/aromatic N) is 3. The van der Waals surface area contributed by atoms with Crippen LogP contribution in [0.25, 0.3) is 0 Å². The maximum atomic E-state index is 12.4. The Morgan fingerprint density at radius 3 is 2.89 bits per heavy atom. The summed E-state index contributed by atoms with van der Waals surface area (Å²) in [5.41, 5.74) is 0.899. The van der Waals surface area contributed by atoms with Crippen molar-refractivity contribution in [3.8, 4) is 0 Å². The van der Waals surface area contributed by atoms with Crippen LogP contribution in [0.5, 0.6) is 0 Å². The van der Waals surface area contributed by atoms with Crippen LogP contribution >= 0.6 is 0 Å². The van der Waals surface area contributed by atoms with Crippen LogP contribution in [-0.2, 0) is 16.8 Å². The maximum absolute atomic E-state index is 12.4. The third kappa shape index (κ3) is 2.71. The summed E-state index contributed by atoms with van der Waals surface area (Å²) in [6, 6.07) is 3.80. The van der Waals surface area contributed by atoms with Gasteiger partial charge in [0.15, 0.2) is 0 Å². The largest absolute Gasteiger partial charge is 0.282 e. The summed E-state index contributed by atoms with van der Waals surface area (Å²) in [5.74, 6) is 0. The molecule has 1 atom stereocenters. The zero-order valence-corrected chi connectivity index (χ0v) is 11.6. The van der Waals surface area contributed by atoms with Gasteiger partial charge < -0.3 is 0 Å². The van der Waals surface area contributed by atoms with Crippen LogP contribution in [0.3, 0.4) is 0 Å². The van der Waals surface area contributed by atoms with E-state index in [1.54, 1.807) is 23.7 Å². The number of pyridine rings is 1. The molecule has 0 bridgehead atoms. The third-order valence-corrected chi connectivity index (χ3v) is 5.36. The first-order chi connectivity index (χ1) is 8.51. The number of rotatable bonds is 4. The highest BCUT2D eigenvalue weighted by Crippen LogP contribution is 2.22. The second kappa shape index (κ2) is 5.34. The van der Waals surface area contributed by atoms with Crippen molar-refractivity contribution in [2.75, 3.05) is 13.6 Å². The molecule has 2 rings (SSSR count). The van der Waals surface area contributed by atoms with E-state index in [1.807, 2.05) is 19.1 Å². The average Bonchev–Trinajstić information content (AvgIpc) is 2.77. The molecule has 1 aromatic rings. The fourth-order valence-electron chi connectivity index (χ4n) is 2.26. The molecule has 0 amide bonds. The molecule has 1 aliphatic heterocycles. The molecular weight excluding hydrogens is 250 g/mol. The van der Waals surface area contributed by atoms with Gasteiger partial charge in [0.1, 0.15) is 0 Å². The molecule has 1 unspecified atom stereocenters. The van der Waals surface area contributed by atoms with Crippen molar-refractivity contribution in [1.29, 1.82) is 0 Å². The number of aromatic nitrogens is 1. The SMILES string of the molecule is CC1CCCN1S(=O)(=O)N(C)Cc1cccnc1. The Hall–Kier alpha value is -0.980. The van der Waals surface area contributed by atoms with E-state index in [0.717, 1.165) is 18.4 Å². The van der Waals surface area contributed by atoms with E-state index >= 15 is 0 Å². The lowest BCUT2D eigenvalue weighted by molar-refractivity contribution is 0.353. The molecule has 1 saturated heterocycles. The Balaban J connectivity index is 2.10. The minimum Gasteiger partial charge on any atom is -0.264 e. The van der Waals surface area contributed by atoms with Gasteiger partial charge in [-0.2, -0.15) is 17.0 Å². The Labute approximate surface area is 109 Å². The molecule has 0 aromatic carbocycles. The zero-order chi connectivity index (χ0) is 13.2. The Bertz CT molecular complexity index is 489. The number of hydrogen-bond donors (Lipinski definition) is 0. The highest BCUT2D eigenvalue weighted by molar-refractivity contribution is 7.86. The summed E-state index contributed by atoms with van der Waals surface area (Å²) in [4.78, 5) is 4.00. The predicted octanol–water partition coefficient (Wildman–Crippen LogP) is 1.24. The first kappa shape index (κ1) is 13.5. The predicted molar refractivity (Wildman–Crippen MR) is 70.0 cm³/mol. The van der Waals surface area contributed by atoms with Crippen LogP contribution in [0.15, 0.2) is 24.5 Å². The monoisotopic (exact) mass is 269 g/mol. The first-order valence-electron chi connectivity index (χ1n) is 6.14. The summed E-state index contributed by atoms with van der Waals surface area (Å²) < 4.78 is 27.7. The van der Waals surface area contributed by atoms with Crippen molar-refractivity contribution in [2.45, 2.75) is 32.4 Å². The molecule has 2 heterocycles. The van der Waals surface area contributed by atoms with Gasteiger partial charge in [-0.05, 0) is 31.4 Å². The van der Waals surface area contributed by atoms with Crippen LogP contribution in [0, 0.1) is 0 Å². The molecule has 1 fully saturated rings. The van der Waals surface area contributed by atoms with Crippen molar-refractivity contribution in [1.82, 2.24) is 13.6 Å². The molecule has 5 nitrogen and oxygen atoms in total. The minimum absolute atomic E-state index is 0.103. The van der Waals surface area contributed by atoms with E-state index in [0.29, 0.717) is 13.1 Å². The first-order valence-corrected chi connectivity index (χ1v) is 7.53. The minimum atomic E-state index is -3.35. The van der Waals surface area contributed by atoms with Crippen molar-refractivity contribution in [3.05, 3.63) is 30.1 Å². The lowest BCUT2D eigenvalue weighted by atomic mass is 10.3. The van der Waals surface area contributed by atoms with E-state index in [1.165, 1.54) is 4.31 Å². The molecule has 0 radical (unpaired) electrons. The quantitative estimate of drug-likeness (QED) is 0.826. The lowest BCUT2D eigenvalue weighted by Crippen LogP contribution is -2.43. The van der Waals surface area contributed by atoms with Crippen molar-refractivity contribution >= 4 is 10.2 Å². The van der Waals surface area contributed by atoms with Gasteiger partial charge in [0.2, 0.25) is 0 Å². The second-order valence-corrected chi connectivity index (χ2v) is 6.72. The molecule has 0 saturated carbocycles. The van der Waals surface area contributed by atoms with Gasteiger partial charge in [0.25, 0.3) is 10.2 Å². The van der Waals surface area contributed by atoms with E-state index in [-0.39, 0.29) is 6.04 Å². The van der Waals surface area contributed by atoms with Crippen molar-refractivity contribution < 1.29 is 8.42 Å². The molecule has 0 spiro atoms. The van der Waals surface area contributed by atoms with Crippen LogP contribution in [-0.4, -0.2) is 41.6 Å². The molecule has 18 heavy (non-hydrogen) atoms. The third-order valence-electron chi connectivity index (χ3n) is 3.31. The standard InChI is InChI=1S/C12H19N3O2S/c1-11-5-4-8-15(11)18(16,17)14(2)10-12-6-3-7-13-9-12/h3,6-7,9,11H,4-5,8,10H2,1-2H3. The molecule has 100 valence electrons. The van der Waals surface area contributed by atoms with Crippen LogP contribution in [0.4, 0.5) is 0 Å². The highest BCUT2D eigenvalue weighted by Gasteiger charge is 2.34. The summed E-state index contributed by atoms with van der Waals surface area (Å²) >= 11 is 0. The normalized spacial score (nSPS) is 21.6. The van der Waals surface area contributed by atoms with Gasteiger partial charge in [0, 0.05) is 38.6 Å². The van der Waals surface area contributed by atoms with Gasteiger partial charge >= 0.3 is 0 Å². The van der Waals surface area contributed by atoms with Gasteiger partial charge in [0.05, 0.1) is 0 Å². The van der Waals surface area contributed by atoms with E-state index < -0.39 is 10.2 Å². The summed E-state index contributed by atoms with van der Waals surface area (Å²) in [6.45, 7) is 2.95. The maximum Gasteiger partial charge on any atom is 0.282 e. The van der Waals surface area contributed by atoms with Crippen molar-refractivity contribution in [2.24, 2.45) is 0 Å². The van der Waals surface area contributed by atoms with Crippen molar-refractivity contribution in [3.63, 3.8) is 0 Å². The fourth-order valence-corrected chi connectivity index (χ4v) is 3.85. The van der Waals surface area contributed by atoms with Gasteiger partial charge in [-0.3, -0.25) is 4.98 Å². The average molecular weight is 269 g/mol. The molecule has 0 aliphatic carbocycles. The fraction of sp³-hybridized carbons (Fsp3) is 0.583. The summed E-state index contributed by atoms with van der Waals surface area (Å²) in [7, 11) is -1.73. The van der Waals surface area contributed by atoms with Gasteiger partial charge in [-0.1, -0.05) is 6.07 Å². The second-order valence-electron chi connectivity index (χ2n) is 4.73. The van der Waals surface area contributed by atoms with Crippen LogP contribution in [0.1, 0.15) is 25.3 Å². The molecule has 1 aromatic heterocycles. The lowest BCUT2D eigenvalue weighted by Gasteiger charge is -2.27. The van der Waals surface area contributed by atoms with Gasteiger partial charge in [-0.25, -0.2) is 0 Å². The summed E-state index contributed by atoms with van der Waals surface area (Å²) in [6.07, 6.45) is 5.26. The highest BCUT2D eigenvalue weighted by atomic mass is 32.2. The Morgan fingerprint density at radius 2 is 2.33 bits per heavy atom. The Kier molecular flexibility index (Phi) is 3.99. The number of hydrogen-bond acceptors (Lipinski definition) is 3. The van der Waals surface area contributed by atoms with E-state index in [2.05, 4.69) is 4.98 Å². The molecule has 6 heteroatoms. The molecular formula is C12H19N3O2S. The zero-order valence-electron chi connectivity index (χ0n) is 10.8. The molecule has 1 aliphatic rings. The Morgan fingerprint density at radius 1 is 1.56 bits per heavy atom. The van der Waals surface area contributed by atoms with E-state index in [4.69, 9.17) is 0 Å². The van der Waals surface area contributed by atoms with Crippen LogP contribution < -0.4 is 0 Å². The molecule has 0 N–H and O–H groups in total. The topological polar surface area (TPSA) is 53.5 Å². The van der Waals surface area contributed by atoms with Gasteiger partial charge in [-0.15, -0.1) is 0 Å². The van der Waals surface area contributed by atoms with E-state index in [9.17, 15) is 8.42 Å². The smallest absolute Gasteiger partial charge is 0.264 e. The summed E-state index contributed by atoms with van der Waals surface area (Å²) in [5, 5.41) is 0. The van der Waals surface area contributed by atoms with Crippen LogP contribution in [0.2, 0.25) is 0 Å².